The molecule has 0 rings (SSSR count). The lowest BCUT2D eigenvalue weighted by atomic mass is 10.1. The van der Waals surface area contributed by atoms with Crippen LogP contribution < -0.4 is 0 Å². The largest absolute Gasteiger partial charge is 0.463 e. The molecular weight excluding hydrogens is 414 g/mol. The van der Waals surface area contributed by atoms with Gasteiger partial charge in [0.1, 0.15) is 6.61 Å². The van der Waals surface area contributed by atoms with Crippen LogP contribution in [-0.4, -0.2) is 64.5 Å². The van der Waals surface area contributed by atoms with Gasteiger partial charge in [-0.25, -0.2) is 0 Å². The second-order valence-electron chi connectivity index (χ2n) is 9.43. The van der Waals surface area contributed by atoms with Crippen molar-refractivity contribution in [2.24, 2.45) is 0 Å². The molecule has 0 bridgehead atoms. The number of ether oxygens (including phenoxy) is 3. The summed E-state index contributed by atoms with van der Waals surface area (Å²) in [6.45, 7) is 4.74. The van der Waals surface area contributed by atoms with Crippen LogP contribution in [0.4, 0.5) is 0 Å². The molecule has 0 heterocycles. The molecule has 0 saturated carbocycles. The van der Waals surface area contributed by atoms with E-state index in [9.17, 15) is 4.79 Å². The number of hydrogen-bond donors (Lipinski definition) is 0. The molecule has 1 atom stereocenters. The van der Waals surface area contributed by atoms with Crippen LogP contribution in [0, 0.1) is 0 Å². The van der Waals surface area contributed by atoms with Crippen molar-refractivity contribution in [2.45, 2.75) is 116 Å². The van der Waals surface area contributed by atoms with E-state index in [1.165, 1.54) is 83.5 Å². The summed E-state index contributed by atoms with van der Waals surface area (Å²) in [5.74, 6) is -0.171. The van der Waals surface area contributed by atoms with Gasteiger partial charge in [0.15, 0.2) is 0 Å². The third-order valence-electron chi connectivity index (χ3n) is 5.91. The molecule has 0 amide bonds. The molecule has 0 radical (unpaired) electrons. The number of carbonyl (C=O) groups excluding carboxylic acids is 1. The van der Waals surface area contributed by atoms with Gasteiger partial charge >= 0.3 is 5.97 Å². The van der Waals surface area contributed by atoms with E-state index in [2.05, 4.69) is 19.1 Å². The molecule has 0 aliphatic heterocycles. The van der Waals surface area contributed by atoms with Crippen molar-refractivity contribution in [3.8, 4) is 0 Å². The van der Waals surface area contributed by atoms with Crippen molar-refractivity contribution >= 4 is 5.97 Å². The van der Waals surface area contributed by atoms with E-state index in [0.717, 1.165) is 19.4 Å². The molecule has 0 saturated heterocycles. The maximum absolute atomic E-state index is 11.7. The molecule has 33 heavy (non-hydrogen) atoms. The highest BCUT2D eigenvalue weighted by Gasteiger charge is 2.11. The average Bonchev–Trinajstić information content (AvgIpc) is 2.81. The Morgan fingerprint density at radius 2 is 1.39 bits per heavy atom. The standard InChI is InChI=1S/C28H55NO4/c1-5-6-7-8-9-10-11-12-13-14-15-16-17-18-19-20-24-32-25-22-27(31-4)26-33-28(30)21-23-29(2)3/h12-13,27H,5-11,14-26H2,1-4H3/b13-12-. The lowest BCUT2D eigenvalue weighted by Gasteiger charge is -2.16. The van der Waals surface area contributed by atoms with Crippen molar-refractivity contribution in [1.29, 1.82) is 0 Å². The first-order chi connectivity index (χ1) is 16.1. The number of unbranched alkanes of at least 4 members (excludes halogenated alkanes) is 12. The predicted molar refractivity (Wildman–Crippen MR) is 140 cm³/mol. The molecule has 1 unspecified atom stereocenters. The van der Waals surface area contributed by atoms with Crippen LogP contribution >= 0.6 is 0 Å². The zero-order valence-corrected chi connectivity index (χ0v) is 22.5. The summed E-state index contributed by atoms with van der Waals surface area (Å²) in [6, 6.07) is 0. The summed E-state index contributed by atoms with van der Waals surface area (Å²) in [5.41, 5.74) is 0. The quantitative estimate of drug-likeness (QED) is 0.0823. The van der Waals surface area contributed by atoms with Gasteiger partial charge in [0, 0.05) is 33.3 Å². The Morgan fingerprint density at radius 3 is 1.97 bits per heavy atom. The molecule has 0 fully saturated rings. The van der Waals surface area contributed by atoms with Crippen molar-refractivity contribution in [3.63, 3.8) is 0 Å². The Bertz CT molecular complexity index is 440. The van der Waals surface area contributed by atoms with Crippen LogP contribution in [0.2, 0.25) is 0 Å². The summed E-state index contributed by atoms with van der Waals surface area (Å²) < 4.78 is 16.4. The van der Waals surface area contributed by atoms with Gasteiger partial charge in [0.2, 0.25) is 0 Å². The Morgan fingerprint density at radius 1 is 0.818 bits per heavy atom. The number of esters is 1. The molecule has 5 heteroatoms. The van der Waals surface area contributed by atoms with Gasteiger partial charge < -0.3 is 19.1 Å². The first-order valence-electron chi connectivity index (χ1n) is 13.7. The fraction of sp³-hybridized carbons (Fsp3) is 0.893. The van der Waals surface area contributed by atoms with Gasteiger partial charge in [-0.2, -0.15) is 0 Å². The van der Waals surface area contributed by atoms with Crippen LogP contribution in [0.15, 0.2) is 12.2 Å². The Labute approximate surface area is 205 Å². The van der Waals surface area contributed by atoms with Gasteiger partial charge in [0.05, 0.1) is 12.5 Å². The van der Waals surface area contributed by atoms with Crippen LogP contribution in [0.25, 0.3) is 0 Å². The molecule has 5 nitrogen and oxygen atoms in total. The number of allylic oxidation sites excluding steroid dienone is 2. The van der Waals surface area contributed by atoms with Gasteiger partial charge in [-0.15, -0.1) is 0 Å². The summed E-state index contributed by atoms with van der Waals surface area (Å²) in [7, 11) is 5.54. The lowest BCUT2D eigenvalue weighted by molar-refractivity contribution is -0.148. The fourth-order valence-corrected chi connectivity index (χ4v) is 3.61. The van der Waals surface area contributed by atoms with Gasteiger partial charge in [-0.3, -0.25) is 4.79 Å². The highest BCUT2D eigenvalue weighted by atomic mass is 16.6. The van der Waals surface area contributed by atoms with E-state index in [1.807, 2.05) is 19.0 Å². The van der Waals surface area contributed by atoms with Crippen molar-refractivity contribution in [2.75, 3.05) is 47.6 Å². The minimum Gasteiger partial charge on any atom is -0.463 e. The first-order valence-corrected chi connectivity index (χ1v) is 13.7. The Hall–Kier alpha value is -0.910. The predicted octanol–water partition coefficient (Wildman–Crippen LogP) is 6.94. The molecule has 0 aromatic rings. The van der Waals surface area contributed by atoms with Crippen LogP contribution in [0.1, 0.15) is 110 Å². The summed E-state index contributed by atoms with van der Waals surface area (Å²) in [4.78, 5) is 13.7. The zero-order valence-electron chi connectivity index (χ0n) is 22.5. The van der Waals surface area contributed by atoms with E-state index in [1.54, 1.807) is 7.11 Å². The third-order valence-corrected chi connectivity index (χ3v) is 5.91. The fourth-order valence-electron chi connectivity index (χ4n) is 3.61. The topological polar surface area (TPSA) is 48.0 Å². The molecular formula is C28H55NO4. The Balaban J connectivity index is 3.36. The minimum atomic E-state index is -0.171. The van der Waals surface area contributed by atoms with Crippen molar-refractivity contribution in [1.82, 2.24) is 4.90 Å². The normalized spacial score (nSPS) is 12.6. The van der Waals surface area contributed by atoms with Crippen molar-refractivity contribution in [3.05, 3.63) is 12.2 Å². The first kappa shape index (κ1) is 32.1. The zero-order chi connectivity index (χ0) is 24.4. The monoisotopic (exact) mass is 469 g/mol. The molecule has 0 aromatic heterocycles. The van der Waals surface area contributed by atoms with Gasteiger partial charge in [-0.1, -0.05) is 76.9 Å². The van der Waals surface area contributed by atoms with Gasteiger partial charge in [-0.05, 0) is 46.2 Å². The summed E-state index contributed by atoms with van der Waals surface area (Å²) in [5, 5.41) is 0. The number of methoxy groups -OCH3 is 1. The average molecular weight is 470 g/mol. The second kappa shape index (κ2) is 25.7. The van der Waals surface area contributed by atoms with Gasteiger partial charge in [0.25, 0.3) is 0 Å². The third kappa shape index (κ3) is 25.5. The summed E-state index contributed by atoms with van der Waals surface area (Å²) >= 11 is 0. The Kier molecular flexibility index (Phi) is 25.0. The number of carbonyl (C=O) groups is 1. The van der Waals surface area contributed by atoms with E-state index in [-0.39, 0.29) is 12.1 Å². The second-order valence-corrected chi connectivity index (χ2v) is 9.43. The van der Waals surface area contributed by atoms with Crippen LogP contribution in [0.5, 0.6) is 0 Å². The maximum atomic E-state index is 11.7. The molecule has 0 spiro atoms. The molecule has 0 aliphatic rings. The highest BCUT2D eigenvalue weighted by molar-refractivity contribution is 5.69. The van der Waals surface area contributed by atoms with Crippen LogP contribution in [0.3, 0.4) is 0 Å². The molecule has 0 N–H and O–H groups in total. The number of rotatable bonds is 25. The number of hydrogen-bond acceptors (Lipinski definition) is 5. The summed E-state index contributed by atoms with van der Waals surface area (Å²) in [6.07, 6.45) is 24.3. The SMILES string of the molecule is CCCCCCCC/C=C\CCCCCCCCOCCC(COC(=O)CCN(C)C)OC. The van der Waals surface area contributed by atoms with Crippen LogP contribution in [-0.2, 0) is 19.0 Å². The smallest absolute Gasteiger partial charge is 0.307 e. The van der Waals surface area contributed by atoms with E-state index < -0.39 is 0 Å². The number of nitrogens with zero attached hydrogens (tertiary/aromatic N) is 1. The van der Waals surface area contributed by atoms with E-state index in [0.29, 0.717) is 26.2 Å². The molecule has 196 valence electrons. The van der Waals surface area contributed by atoms with Crippen molar-refractivity contribution < 1.29 is 19.0 Å². The molecule has 0 aromatic carbocycles. The lowest BCUT2D eigenvalue weighted by Crippen LogP contribution is -2.24. The molecule has 0 aliphatic carbocycles. The maximum Gasteiger partial charge on any atom is 0.307 e. The van der Waals surface area contributed by atoms with E-state index in [4.69, 9.17) is 14.2 Å². The van der Waals surface area contributed by atoms with E-state index >= 15 is 0 Å². The highest BCUT2D eigenvalue weighted by Crippen LogP contribution is 2.10. The minimum absolute atomic E-state index is 0.0897.